The zero-order valence-corrected chi connectivity index (χ0v) is 9.29. The summed E-state index contributed by atoms with van der Waals surface area (Å²) < 4.78 is 1.07. The lowest BCUT2D eigenvalue weighted by atomic mass is 10.2. The molecule has 0 aliphatic heterocycles. The largest absolute Gasteiger partial charge is 0.384 e. The van der Waals surface area contributed by atoms with Gasteiger partial charge in [-0.25, -0.2) is 4.98 Å². The molecular formula is C11H10N4O3. The van der Waals surface area contributed by atoms with Crippen LogP contribution in [-0.4, -0.2) is 21.7 Å². The number of rotatable bonds is 3. The van der Waals surface area contributed by atoms with Gasteiger partial charge in [-0.1, -0.05) is 0 Å². The summed E-state index contributed by atoms with van der Waals surface area (Å²) in [5.41, 5.74) is 10.1. The van der Waals surface area contributed by atoms with Crippen molar-refractivity contribution in [3.63, 3.8) is 0 Å². The van der Waals surface area contributed by atoms with Crippen LogP contribution in [0.5, 0.6) is 0 Å². The van der Waals surface area contributed by atoms with Crippen molar-refractivity contribution in [3.8, 4) is 0 Å². The van der Waals surface area contributed by atoms with Crippen molar-refractivity contribution in [2.75, 3.05) is 5.73 Å². The summed E-state index contributed by atoms with van der Waals surface area (Å²) in [4.78, 5) is 37.7. The number of nitrogens with two attached hydrogens (primary N) is 2. The minimum Gasteiger partial charge on any atom is -0.384 e. The number of amides is 1. The highest BCUT2D eigenvalue weighted by Crippen LogP contribution is 2.13. The second kappa shape index (κ2) is 4.28. The highest BCUT2D eigenvalue weighted by molar-refractivity contribution is 5.96. The predicted molar refractivity (Wildman–Crippen MR) is 65.0 cm³/mol. The molecule has 2 rings (SSSR count). The number of hydrogen-bond acceptors (Lipinski definition) is 5. The van der Waals surface area contributed by atoms with Gasteiger partial charge in [-0.3, -0.25) is 14.2 Å². The van der Waals surface area contributed by atoms with E-state index in [0.29, 0.717) is 11.7 Å². The Morgan fingerprint density at radius 1 is 1.44 bits per heavy atom. The van der Waals surface area contributed by atoms with Crippen molar-refractivity contribution in [1.29, 1.82) is 0 Å². The summed E-state index contributed by atoms with van der Waals surface area (Å²) in [5.74, 6) is -0.633. The molecular weight excluding hydrogens is 236 g/mol. The number of nitrogens with zero attached hydrogens (tertiary/aromatic N) is 2. The van der Waals surface area contributed by atoms with Crippen LogP contribution in [0.2, 0.25) is 0 Å². The maximum atomic E-state index is 11.9. The maximum absolute atomic E-state index is 11.9. The third-order valence-electron chi connectivity index (χ3n) is 2.48. The SMILES string of the molecule is NC(=O)c1cc2ccc(N)nc2n(CC=O)c1=O. The molecule has 0 fully saturated rings. The van der Waals surface area contributed by atoms with Gasteiger partial charge in [-0.05, 0) is 18.2 Å². The molecule has 0 aromatic carbocycles. The van der Waals surface area contributed by atoms with E-state index < -0.39 is 11.5 Å². The number of primary amides is 1. The van der Waals surface area contributed by atoms with Crippen LogP contribution in [0.4, 0.5) is 5.82 Å². The summed E-state index contributed by atoms with van der Waals surface area (Å²) in [5, 5.41) is 0.513. The number of fused-ring (bicyclic) bond motifs is 1. The summed E-state index contributed by atoms with van der Waals surface area (Å²) in [6, 6.07) is 4.47. The van der Waals surface area contributed by atoms with E-state index in [4.69, 9.17) is 11.5 Å². The maximum Gasteiger partial charge on any atom is 0.265 e. The zero-order valence-electron chi connectivity index (χ0n) is 9.29. The van der Waals surface area contributed by atoms with E-state index in [-0.39, 0.29) is 23.6 Å². The Morgan fingerprint density at radius 2 is 2.17 bits per heavy atom. The molecule has 0 unspecified atom stereocenters. The van der Waals surface area contributed by atoms with Gasteiger partial charge in [-0.15, -0.1) is 0 Å². The van der Waals surface area contributed by atoms with Crippen molar-refractivity contribution in [1.82, 2.24) is 9.55 Å². The van der Waals surface area contributed by atoms with E-state index >= 15 is 0 Å². The lowest BCUT2D eigenvalue weighted by Crippen LogP contribution is -2.30. The van der Waals surface area contributed by atoms with Gasteiger partial charge in [0.05, 0.1) is 6.54 Å². The van der Waals surface area contributed by atoms with E-state index in [0.717, 1.165) is 4.57 Å². The Hall–Kier alpha value is -2.70. The van der Waals surface area contributed by atoms with Crippen LogP contribution in [-0.2, 0) is 11.3 Å². The summed E-state index contributed by atoms with van der Waals surface area (Å²) >= 11 is 0. The third-order valence-corrected chi connectivity index (χ3v) is 2.48. The van der Waals surface area contributed by atoms with Crippen molar-refractivity contribution < 1.29 is 9.59 Å². The van der Waals surface area contributed by atoms with E-state index in [1.807, 2.05) is 0 Å². The number of hydrogen-bond donors (Lipinski definition) is 2. The molecule has 2 heterocycles. The van der Waals surface area contributed by atoms with Crippen LogP contribution in [0.15, 0.2) is 23.0 Å². The normalized spacial score (nSPS) is 10.4. The predicted octanol–water partition coefficient (Wildman–Crippen LogP) is -0.724. The molecule has 0 saturated carbocycles. The molecule has 0 saturated heterocycles. The molecule has 0 aliphatic rings. The average molecular weight is 246 g/mol. The molecule has 0 aliphatic carbocycles. The number of aldehydes is 1. The van der Waals surface area contributed by atoms with Gasteiger partial charge in [0.1, 0.15) is 23.3 Å². The Labute approximate surface area is 101 Å². The third kappa shape index (κ3) is 1.81. The van der Waals surface area contributed by atoms with Gasteiger partial charge in [-0.2, -0.15) is 0 Å². The molecule has 1 amide bonds. The van der Waals surface area contributed by atoms with Crippen molar-refractivity contribution in [2.24, 2.45) is 5.73 Å². The highest BCUT2D eigenvalue weighted by atomic mass is 16.2. The molecule has 7 nitrogen and oxygen atoms in total. The zero-order chi connectivity index (χ0) is 13.3. The average Bonchev–Trinajstić information content (AvgIpc) is 2.32. The Kier molecular flexibility index (Phi) is 2.80. The number of aromatic nitrogens is 2. The van der Waals surface area contributed by atoms with E-state index in [1.165, 1.54) is 12.1 Å². The minimum atomic E-state index is -0.849. The van der Waals surface area contributed by atoms with Gasteiger partial charge in [0.2, 0.25) is 0 Å². The van der Waals surface area contributed by atoms with Crippen molar-refractivity contribution >= 4 is 29.0 Å². The smallest absolute Gasteiger partial charge is 0.265 e. The van der Waals surface area contributed by atoms with Gasteiger partial charge >= 0.3 is 0 Å². The number of nitrogen functional groups attached to an aromatic ring is 1. The van der Waals surface area contributed by atoms with Crippen molar-refractivity contribution in [3.05, 3.63) is 34.1 Å². The van der Waals surface area contributed by atoms with Crippen LogP contribution in [0, 0.1) is 0 Å². The fraction of sp³-hybridized carbons (Fsp3) is 0.0909. The Morgan fingerprint density at radius 3 is 2.78 bits per heavy atom. The first-order valence-electron chi connectivity index (χ1n) is 5.08. The second-order valence-corrected chi connectivity index (χ2v) is 3.65. The van der Waals surface area contributed by atoms with Gasteiger partial charge < -0.3 is 16.3 Å². The number of pyridine rings is 2. The fourth-order valence-electron chi connectivity index (χ4n) is 1.68. The molecule has 4 N–H and O–H groups in total. The second-order valence-electron chi connectivity index (χ2n) is 3.65. The van der Waals surface area contributed by atoms with Gasteiger partial charge in [0, 0.05) is 5.39 Å². The van der Waals surface area contributed by atoms with Crippen LogP contribution in [0.3, 0.4) is 0 Å². The molecule has 18 heavy (non-hydrogen) atoms. The summed E-state index contributed by atoms with van der Waals surface area (Å²) in [6.07, 6.45) is 0.538. The fourth-order valence-corrected chi connectivity index (χ4v) is 1.68. The number of carbonyl (C=O) groups is 2. The summed E-state index contributed by atoms with van der Waals surface area (Å²) in [6.45, 7) is -0.215. The molecule has 92 valence electrons. The lowest BCUT2D eigenvalue weighted by Gasteiger charge is -2.08. The molecule has 2 aromatic heterocycles. The molecule has 0 bridgehead atoms. The topological polar surface area (TPSA) is 121 Å². The molecule has 0 radical (unpaired) electrons. The lowest BCUT2D eigenvalue weighted by molar-refractivity contribution is -0.108. The Bertz CT molecular complexity index is 705. The first kappa shape index (κ1) is 11.8. The van der Waals surface area contributed by atoms with Crippen LogP contribution < -0.4 is 17.0 Å². The minimum absolute atomic E-state index is 0.184. The van der Waals surface area contributed by atoms with Crippen molar-refractivity contribution in [2.45, 2.75) is 6.54 Å². The van der Waals surface area contributed by atoms with Crippen LogP contribution in [0.1, 0.15) is 10.4 Å². The quantitative estimate of drug-likeness (QED) is 0.692. The first-order valence-corrected chi connectivity index (χ1v) is 5.08. The monoisotopic (exact) mass is 246 g/mol. The molecule has 0 atom stereocenters. The van der Waals surface area contributed by atoms with Crippen LogP contribution in [0.25, 0.3) is 11.0 Å². The first-order chi connectivity index (χ1) is 8.54. The molecule has 0 spiro atoms. The van der Waals surface area contributed by atoms with E-state index in [9.17, 15) is 14.4 Å². The highest BCUT2D eigenvalue weighted by Gasteiger charge is 2.13. The van der Waals surface area contributed by atoms with Gasteiger partial charge in [0.25, 0.3) is 11.5 Å². The van der Waals surface area contributed by atoms with Crippen LogP contribution >= 0.6 is 0 Å². The Balaban J connectivity index is 2.92. The molecule has 2 aromatic rings. The van der Waals surface area contributed by atoms with Gasteiger partial charge in [0.15, 0.2) is 0 Å². The summed E-state index contributed by atoms with van der Waals surface area (Å²) in [7, 11) is 0. The van der Waals surface area contributed by atoms with E-state index in [1.54, 1.807) is 6.07 Å². The number of anilines is 1. The standard InChI is InChI=1S/C11H10N4O3/c12-8-2-1-6-5-7(9(13)17)11(18)15(3-4-16)10(6)14-8/h1-2,4-5H,3H2,(H2,12,14)(H2,13,17). The molecule has 7 heteroatoms. The van der Waals surface area contributed by atoms with E-state index in [2.05, 4.69) is 4.98 Å². The number of carbonyl (C=O) groups excluding carboxylic acids is 2.